The van der Waals surface area contributed by atoms with E-state index >= 15 is 0 Å². The number of thiophene rings is 1. The maximum Gasteiger partial charge on any atom is 0.233 e. The first-order chi connectivity index (χ1) is 12.7. The van der Waals surface area contributed by atoms with E-state index in [1.165, 1.54) is 22.2 Å². The highest BCUT2D eigenvalue weighted by Crippen LogP contribution is 2.36. The van der Waals surface area contributed by atoms with Gasteiger partial charge in [0.2, 0.25) is 5.91 Å². The lowest BCUT2D eigenvalue weighted by Crippen LogP contribution is -2.47. The van der Waals surface area contributed by atoms with Crippen LogP contribution in [0.15, 0.2) is 47.8 Å². The molecule has 7 heteroatoms. The number of nitrogens with zero attached hydrogens (tertiary/aromatic N) is 4. The first-order valence-electron chi connectivity index (χ1n) is 8.60. The fourth-order valence-electron chi connectivity index (χ4n) is 2.97. The van der Waals surface area contributed by atoms with Crippen molar-refractivity contribution >= 4 is 39.2 Å². The van der Waals surface area contributed by atoms with Gasteiger partial charge < -0.3 is 9.80 Å². The summed E-state index contributed by atoms with van der Waals surface area (Å²) in [7, 11) is 2.09. The summed E-state index contributed by atoms with van der Waals surface area (Å²) < 4.78 is 0. The van der Waals surface area contributed by atoms with Crippen LogP contribution in [-0.2, 0) is 4.79 Å². The van der Waals surface area contributed by atoms with Gasteiger partial charge in [-0.15, -0.1) is 11.3 Å². The number of hydrogen-bond donors (Lipinski definition) is 0. The molecule has 3 aromatic rings. The Morgan fingerprint density at radius 1 is 1.15 bits per heavy atom. The molecule has 0 aliphatic carbocycles. The topological polar surface area (TPSA) is 49.3 Å². The normalized spacial score (nSPS) is 15.5. The van der Waals surface area contributed by atoms with Gasteiger partial charge in [0.15, 0.2) is 0 Å². The van der Waals surface area contributed by atoms with E-state index < -0.39 is 0 Å². The lowest BCUT2D eigenvalue weighted by Gasteiger charge is -2.32. The van der Waals surface area contributed by atoms with Crippen LogP contribution in [0, 0.1) is 0 Å². The van der Waals surface area contributed by atoms with Crippen LogP contribution in [0.1, 0.15) is 0 Å². The van der Waals surface area contributed by atoms with Gasteiger partial charge in [0, 0.05) is 36.4 Å². The highest BCUT2D eigenvalue weighted by Gasteiger charge is 2.20. The number of thioether (sulfide) groups is 1. The molecule has 134 valence electrons. The molecule has 0 spiro atoms. The third-order valence-corrected chi connectivity index (χ3v) is 6.62. The van der Waals surface area contributed by atoms with Crippen molar-refractivity contribution in [3.63, 3.8) is 0 Å². The molecule has 2 aromatic heterocycles. The zero-order chi connectivity index (χ0) is 17.9. The van der Waals surface area contributed by atoms with Crippen LogP contribution in [0.2, 0.25) is 0 Å². The number of piperazine rings is 1. The molecule has 1 fully saturated rings. The Morgan fingerprint density at radius 3 is 2.69 bits per heavy atom. The Hall–Kier alpha value is -1.96. The van der Waals surface area contributed by atoms with Gasteiger partial charge in [-0.25, -0.2) is 9.97 Å². The monoisotopic (exact) mass is 384 g/mol. The van der Waals surface area contributed by atoms with Crippen molar-refractivity contribution in [2.75, 3.05) is 39.0 Å². The van der Waals surface area contributed by atoms with Crippen molar-refractivity contribution in [2.24, 2.45) is 0 Å². The minimum absolute atomic E-state index is 0.188. The maximum absolute atomic E-state index is 12.5. The molecule has 1 aliphatic rings. The predicted octanol–water partition coefficient (Wildman–Crippen LogP) is 3.22. The van der Waals surface area contributed by atoms with Gasteiger partial charge in [-0.1, -0.05) is 42.1 Å². The van der Waals surface area contributed by atoms with Crippen molar-refractivity contribution in [1.29, 1.82) is 0 Å². The highest BCUT2D eigenvalue weighted by molar-refractivity contribution is 8.00. The van der Waals surface area contributed by atoms with E-state index in [9.17, 15) is 4.79 Å². The lowest BCUT2D eigenvalue weighted by molar-refractivity contribution is -0.129. The molecule has 1 aliphatic heterocycles. The number of benzene rings is 1. The first kappa shape index (κ1) is 17.5. The summed E-state index contributed by atoms with van der Waals surface area (Å²) in [6, 6.07) is 12.4. The van der Waals surface area contributed by atoms with Crippen molar-refractivity contribution in [3.8, 4) is 10.4 Å². The molecule has 0 atom stereocenters. The van der Waals surface area contributed by atoms with E-state index in [2.05, 4.69) is 40.1 Å². The van der Waals surface area contributed by atoms with Crippen LogP contribution in [0.25, 0.3) is 20.7 Å². The van der Waals surface area contributed by atoms with Crippen molar-refractivity contribution < 1.29 is 4.79 Å². The van der Waals surface area contributed by atoms with Crippen molar-refractivity contribution in [3.05, 3.63) is 42.7 Å². The standard InChI is InChI=1S/C19H20N4OS2/c1-22-7-9-23(10-8-22)17(24)12-25-18-15-11-16(14-5-3-2-4-6-14)26-19(15)21-13-20-18/h2-6,11,13H,7-10,12H2,1H3. The molecule has 0 radical (unpaired) electrons. The van der Waals surface area contributed by atoms with Crippen LogP contribution in [0.3, 0.4) is 0 Å². The fourth-order valence-corrected chi connectivity index (χ4v) is 4.92. The second-order valence-electron chi connectivity index (χ2n) is 6.35. The van der Waals surface area contributed by atoms with E-state index in [1.54, 1.807) is 17.7 Å². The van der Waals surface area contributed by atoms with Gasteiger partial charge >= 0.3 is 0 Å². The third-order valence-electron chi connectivity index (χ3n) is 4.54. The minimum atomic E-state index is 0.188. The average molecular weight is 385 g/mol. The summed E-state index contributed by atoms with van der Waals surface area (Å²) in [6.07, 6.45) is 1.59. The van der Waals surface area contributed by atoms with Crippen molar-refractivity contribution in [2.45, 2.75) is 5.03 Å². The van der Waals surface area contributed by atoms with E-state index in [0.717, 1.165) is 41.4 Å². The Morgan fingerprint density at radius 2 is 1.92 bits per heavy atom. The maximum atomic E-state index is 12.5. The number of rotatable bonds is 4. The zero-order valence-electron chi connectivity index (χ0n) is 14.6. The van der Waals surface area contributed by atoms with E-state index in [1.807, 2.05) is 23.1 Å². The zero-order valence-corrected chi connectivity index (χ0v) is 16.2. The number of fused-ring (bicyclic) bond motifs is 1. The highest BCUT2D eigenvalue weighted by atomic mass is 32.2. The second kappa shape index (κ2) is 7.73. The molecule has 1 saturated heterocycles. The molecule has 0 bridgehead atoms. The largest absolute Gasteiger partial charge is 0.339 e. The van der Waals surface area contributed by atoms with Gasteiger partial charge in [-0.05, 0) is 18.7 Å². The summed E-state index contributed by atoms with van der Waals surface area (Å²) >= 11 is 3.17. The van der Waals surface area contributed by atoms with Crippen LogP contribution in [0.5, 0.6) is 0 Å². The van der Waals surface area contributed by atoms with E-state index in [-0.39, 0.29) is 5.91 Å². The third kappa shape index (κ3) is 3.75. The number of carbonyl (C=O) groups is 1. The Balaban J connectivity index is 1.50. The van der Waals surface area contributed by atoms with Gasteiger partial charge in [-0.2, -0.15) is 0 Å². The smallest absolute Gasteiger partial charge is 0.233 e. The van der Waals surface area contributed by atoms with Crippen LogP contribution >= 0.6 is 23.1 Å². The van der Waals surface area contributed by atoms with Crippen LogP contribution < -0.4 is 0 Å². The summed E-state index contributed by atoms with van der Waals surface area (Å²) in [4.78, 5) is 27.7. The predicted molar refractivity (Wildman–Crippen MR) is 108 cm³/mol. The molecular weight excluding hydrogens is 364 g/mol. The Bertz CT molecular complexity index is 904. The molecular formula is C19H20N4OS2. The molecule has 26 heavy (non-hydrogen) atoms. The van der Waals surface area contributed by atoms with E-state index in [4.69, 9.17) is 0 Å². The average Bonchev–Trinajstić information content (AvgIpc) is 3.12. The Kier molecular flexibility index (Phi) is 5.19. The summed E-state index contributed by atoms with van der Waals surface area (Å²) in [6.45, 7) is 3.51. The minimum Gasteiger partial charge on any atom is -0.339 e. The molecule has 4 rings (SSSR count). The molecule has 3 heterocycles. The van der Waals surface area contributed by atoms with Crippen LogP contribution in [-0.4, -0.2) is 64.7 Å². The molecule has 1 aromatic carbocycles. The van der Waals surface area contributed by atoms with Crippen LogP contribution in [0.4, 0.5) is 0 Å². The second-order valence-corrected chi connectivity index (χ2v) is 8.34. The lowest BCUT2D eigenvalue weighted by atomic mass is 10.2. The van der Waals surface area contributed by atoms with Gasteiger partial charge in [0.05, 0.1) is 5.75 Å². The van der Waals surface area contributed by atoms with Gasteiger partial charge in [0.1, 0.15) is 16.2 Å². The quantitative estimate of drug-likeness (QED) is 0.511. The number of likely N-dealkylation sites (N-methyl/N-ethyl adjacent to an activating group) is 1. The van der Waals surface area contributed by atoms with E-state index in [0.29, 0.717) is 5.75 Å². The number of carbonyl (C=O) groups excluding carboxylic acids is 1. The molecule has 0 N–H and O–H groups in total. The van der Waals surface area contributed by atoms with Gasteiger partial charge in [0.25, 0.3) is 0 Å². The summed E-state index contributed by atoms with van der Waals surface area (Å²) in [5, 5.41) is 1.92. The molecule has 1 amide bonds. The molecule has 0 unspecified atom stereocenters. The summed E-state index contributed by atoms with van der Waals surface area (Å²) in [5.41, 5.74) is 1.18. The first-order valence-corrected chi connectivity index (χ1v) is 10.4. The Labute approximate surface area is 161 Å². The molecule has 0 saturated carbocycles. The SMILES string of the molecule is CN1CCN(C(=O)CSc2ncnc3sc(-c4ccccc4)cc23)CC1. The molecule has 5 nitrogen and oxygen atoms in total. The number of amides is 1. The summed E-state index contributed by atoms with van der Waals surface area (Å²) in [5.74, 6) is 0.611. The number of hydrogen-bond acceptors (Lipinski definition) is 6. The van der Waals surface area contributed by atoms with Gasteiger partial charge in [-0.3, -0.25) is 4.79 Å². The fraction of sp³-hybridized carbons (Fsp3) is 0.316. The number of aromatic nitrogens is 2. The van der Waals surface area contributed by atoms with Crippen molar-refractivity contribution in [1.82, 2.24) is 19.8 Å².